The van der Waals surface area contributed by atoms with E-state index in [9.17, 15) is 9.90 Å². The van der Waals surface area contributed by atoms with Gasteiger partial charge in [0.15, 0.2) is 11.5 Å². The summed E-state index contributed by atoms with van der Waals surface area (Å²) in [6.07, 6.45) is 7.47. The molecule has 1 N–H and O–H groups in total. The van der Waals surface area contributed by atoms with Crippen molar-refractivity contribution in [2.75, 3.05) is 20.2 Å². The van der Waals surface area contributed by atoms with E-state index < -0.39 is 5.97 Å². The number of aryl methyl sites for hydroxylation is 1. The van der Waals surface area contributed by atoms with Gasteiger partial charge in [-0.1, -0.05) is 39.8 Å². The number of carboxylic acids is 1. The van der Waals surface area contributed by atoms with Crippen LogP contribution >= 0.6 is 0 Å². The SMILES string of the molecule is COc1ccc2nc(CC(C)(C)C)oc2c1CN1CCC([C@H]2CCc3ccc([C@H](C4CC4)[C@H](C)C(=O)O)cc3O2)CC1. The quantitative estimate of drug-likeness (QED) is 0.288. The van der Waals surface area contributed by atoms with Crippen molar-refractivity contribution in [2.45, 2.75) is 91.2 Å². The molecule has 0 amide bonds. The number of fused-ring (bicyclic) bond motifs is 2. The van der Waals surface area contributed by atoms with Crippen LogP contribution < -0.4 is 9.47 Å². The van der Waals surface area contributed by atoms with Crippen molar-refractivity contribution in [3.8, 4) is 11.5 Å². The topological polar surface area (TPSA) is 85.0 Å². The monoisotopic (exact) mass is 574 g/mol. The normalized spacial score (nSPS) is 21.5. The number of oxazole rings is 1. The molecule has 2 fully saturated rings. The van der Waals surface area contributed by atoms with Gasteiger partial charge in [-0.05, 0) is 104 Å². The Bertz CT molecular complexity index is 1430. The number of ether oxygens (including phenoxy) is 2. The van der Waals surface area contributed by atoms with Gasteiger partial charge in [-0.3, -0.25) is 9.69 Å². The number of likely N-dealkylation sites (tertiary alicyclic amines) is 1. The maximum absolute atomic E-state index is 11.8. The summed E-state index contributed by atoms with van der Waals surface area (Å²) < 4.78 is 18.8. The van der Waals surface area contributed by atoms with Crippen LogP contribution in [0.5, 0.6) is 11.5 Å². The van der Waals surface area contributed by atoms with Crippen LogP contribution in [0.3, 0.4) is 0 Å². The Morgan fingerprint density at radius 3 is 2.55 bits per heavy atom. The van der Waals surface area contributed by atoms with E-state index in [-0.39, 0.29) is 23.4 Å². The molecule has 1 saturated carbocycles. The lowest BCUT2D eigenvalue weighted by Crippen LogP contribution is -2.40. The van der Waals surface area contributed by atoms with Gasteiger partial charge >= 0.3 is 5.97 Å². The number of rotatable bonds is 9. The van der Waals surface area contributed by atoms with Crippen molar-refractivity contribution in [3.05, 3.63) is 52.9 Å². The maximum atomic E-state index is 11.8. The second-order valence-corrected chi connectivity index (χ2v) is 14.1. The molecule has 7 heteroatoms. The summed E-state index contributed by atoms with van der Waals surface area (Å²) in [5, 5.41) is 9.73. The summed E-state index contributed by atoms with van der Waals surface area (Å²) in [6.45, 7) is 11.2. The first-order chi connectivity index (χ1) is 20.1. The molecule has 226 valence electrons. The average molecular weight is 575 g/mol. The third-order valence-corrected chi connectivity index (χ3v) is 9.61. The number of nitrogens with zero attached hydrogens (tertiary/aromatic N) is 2. The molecule has 0 radical (unpaired) electrons. The van der Waals surface area contributed by atoms with Crippen molar-refractivity contribution >= 4 is 17.1 Å². The van der Waals surface area contributed by atoms with Gasteiger partial charge in [-0.2, -0.15) is 0 Å². The molecule has 1 aromatic heterocycles. The van der Waals surface area contributed by atoms with Crippen molar-refractivity contribution in [3.63, 3.8) is 0 Å². The molecule has 1 saturated heterocycles. The lowest BCUT2D eigenvalue weighted by Gasteiger charge is -2.38. The number of aromatic nitrogens is 1. The number of benzene rings is 2. The summed E-state index contributed by atoms with van der Waals surface area (Å²) in [4.78, 5) is 19.1. The Hall–Kier alpha value is -3.06. The summed E-state index contributed by atoms with van der Waals surface area (Å²) in [5.41, 5.74) is 5.31. The molecule has 2 aromatic carbocycles. The van der Waals surface area contributed by atoms with Crippen LogP contribution in [0.15, 0.2) is 34.7 Å². The van der Waals surface area contributed by atoms with Crippen LogP contribution in [0.1, 0.15) is 88.3 Å². The fraction of sp³-hybridized carbons (Fsp3) is 0.600. The minimum atomic E-state index is -0.710. The molecule has 3 aliphatic rings. The molecule has 1 aliphatic carbocycles. The highest BCUT2D eigenvalue weighted by Crippen LogP contribution is 2.48. The van der Waals surface area contributed by atoms with Crippen LogP contribution in [0.2, 0.25) is 0 Å². The van der Waals surface area contributed by atoms with Crippen LogP contribution in [-0.4, -0.2) is 47.3 Å². The maximum Gasteiger partial charge on any atom is 0.306 e. The predicted octanol–water partition coefficient (Wildman–Crippen LogP) is 7.25. The van der Waals surface area contributed by atoms with Gasteiger partial charge in [-0.25, -0.2) is 4.98 Å². The molecule has 0 bridgehead atoms. The van der Waals surface area contributed by atoms with Crippen molar-refractivity contribution < 1.29 is 23.8 Å². The Balaban J connectivity index is 1.12. The van der Waals surface area contributed by atoms with E-state index in [0.717, 1.165) is 104 Å². The van der Waals surface area contributed by atoms with E-state index in [1.54, 1.807) is 7.11 Å². The van der Waals surface area contributed by atoms with Gasteiger partial charge in [0.1, 0.15) is 23.1 Å². The molecule has 3 aromatic rings. The lowest BCUT2D eigenvalue weighted by molar-refractivity contribution is -0.142. The summed E-state index contributed by atoms with van der Waals surface area (Å²) in [6, 6.07) is 10.5. The first kappa shape index (κ1) is 29.0. The molecular weight excluding hydrogens is 528 g/mol. The first-order valence-electron chi connectivity index (χ1n) is 15.8. The third-order valence-electron chi connectivity index (χ3n) is 9.61. The first-order valence-corrected chi connectivity index (χ1v) is 15.8. The molecule has 7 nitrogen and oxygen atoms in total. The highest BCUT2D eigenvalue weighted by atomic mass is 16.5. The third kappa shape index (κ3) is 6.17. The van der Waals surface area contributed by atoms with Gasteiger partial charge in [0.25, 0.3) is 0 Å². The van der Waals surface area contributed by atoms with Crippen molar-refractivity contribution in [2.24, 2.45) is 23.2 Å². The van der Waals surface area contributed by atoms with E-state index in [1.165, 1.54) is 5.56 Å². The second kappa shape index (κ2) is 11.6. The van der Waals surface area contributed by atoms with Gasteiger partial charge in [0, 0.05) is 13.0 Å². The van der Waals surface area contributed by atoms with Gasteiger partial charge in [0.2, 0.25) is 0 Å². The van der Waals surface area contributed by atoms with Gasteiger partial charge < -0.3 is 19.0 Å². The number of carbonyl (C=O) groups is 1. The van der Waals surface area contributed by atoms with Crippen LogP contribution in [-0.2, 0) is 24.2 Å². The summed E-state index contributed by atoms with van der Waals surface area (Å²) >= 11 is 0. The molecule has 3 atom stereocenters. The molecule has 42 heavy (non-hydrogen) atoms. The Morgan fingerprint density at radius 1 is 1.12 bits per heavy atom. The van der Waals surface area contributed by atoms with Crippen LogP contribution in [0.4, 0.5) is 0 Å². The number of hydrogen-bond acceptors (Lipinski definition) is 6. The minimum absolute atomic E-state index is 0.0652. The van der Waals surface area contributed by atoms with Crippen LogP contribution in [0, 0.1) is 23.2 Å². The number of methoxy groups -OCH3 is 1. The average Bonchev–Trinajstić information content (AvgIpc) is 3.71. The Labute approximate surface area is 249 Å². The largest absolute Gasteiger partial charge is 0.496 e. The Morgan fingerprint density at radius 2 is 1.88 bits per heavy atom. The minimum Gasteiger partial charge on any atom is -0.496 e. The number of hydrogen-bond donors (Lipinski definition) is 1. The zero-order valence-corrected chi connectivity index (χ0v) is 25.8. The molecule has 0 unspecified atom stereocenters. The highest BCUT2D eigenvalue weighted by molar-refractivity contribution is 5.79. The predicted molar refractivity (Wildman–Crippen MR) is 163 cm³/mol. The standard InChI is InChI=1S/C35H46N2O5/c1-21(34(38)39)32(24-7-8-24)25-9-6-22-10-12-28(41-30(22)18-25)23-14-16-37(17-15-23)20-26-29(40-5)13-11-27-33(26)42-31(36-27)19-35(2,3)4/h6,9,11,13,18,21,23-24,28,32H,7-8,10,12,14-17,19-20H2,1-5H3,(H,38,39)/t21-,28+,32-/m0/s1. The molecule has 0 spiro atoms. The highest BCUT2D eigenvalue weighted by Gasteiger charge is 2.39. The number of aliphatic carboxylic acids is 1. The number of piperidine rings is 1. The number of carboxylic acid groups (broad SMARTS) is 1. The van der Waals surface area contributed by atoms with Gasteiger partial charge in [-0.15, -0.1) is 0 Å². The smallest absolute Gasteiger partial charge is 0.306 e. The van der Waals surface area contributed by atoms with Crippen LogP contribution in [0.25, 0.3) is 11.1 Å². The Kier molecular flexibility index (Phi) is 7.99. The summed E-state index contributed by atoms with van der Waals surface area (Å²) in [7, 11) is 1.72. The van der Waals surface area contributed by atoms with Gasteiger partial charge in [0.05, 0.1) is 18.6 Å². The molecule has 2 aliphatic heterocycles. The van der Waals surface area contributed by atoms with E-state index in [4.69, 9.17) is 18.9 Å². The fourth-order valence-corrected chi connectivity index (χ4v) is 7.18. The molecule has 6 rings (SSSR count). The zero-order chi connectivity index (χ0) is 29.6. The molecular formula is C35H46N2O5. The fourth-order valence-electron chi connectivity index (χ4n) is 7.18. The van der Waals surface area contributed by atoms with E-state index in [0.29, 0.717) is 11.8 Å². The second-order valence-electron chi connectivity index (χ2n) is 14.1. The van der Waals surface area contributed by atoms with E-state index >= 15 is 0 Å². The van der Waals surface area contributed by atoms with E-state index in [2.05, 4.69) is 43.9 Å². The molecule has 3 heterocycles. The zero-order valence-electron chi connectivity index (χ0n) is 25.8. The van der Waals surface area contributed by atoms with Crippen molar-refractivity contribution in [1.82, 2.24) is 9.88 Å². The lowest BCUT2D eigenvalue weighted by atomic mass is 9.81. The van der Waals surface area contributed by atoms with E-state index in [1.807, 2.05) is 19.1 Å². The summed E-state index contributed by atoms with van der Waals surface area (Å²) in [5.74, 6) is 2.57. The van der Waals surface area contributed by atoms with Crippen molar-refractivity contribution in [1.29, 1.82) is 0 Å².